The molecule has 4 heteroatoms. The summed E-state index contributed by atoms with van der Waals surface area (Å²) in [5.41, 5.74) is 1.77. The number of hydrogen-bond donors (Lipinski definition) is 0. The van der Waals surface area contributed by atoms with Gasteiger partial charge >= 0.3 is 0 Å². The molecule has 0 aromatic heterocycles. The van der Waals surface area contributed by atoms with Crippen molar-refractivity contribution in [2.45, 2.75) is 52.2 Å². The summed E-state index contributed by atoms with van der Waals surface area (Å²) < 4.78 is 21.5. The summed E-state index contributed by atoms with van der Waals surface area (Å²) in [6.45, 7) is 10.5. The first kappa shape index (κ1) is 17.1. The third-order valence-electron chi connectivity index (χ3n) is 2.78. The highest BCUT2D eigenvalue weighted by molar-refractivity contribution is 7.91. The van der Waals surface area contributed by atoms with Crippen LogP contribution >= 0.6 is 0 Å². The number of ether oxygens (including phenoxy) is 1. The van der Waals surface area contributed by atoms with E-state index in [2.05, 4.69) is 11.3 Å². The van der Waals surface area contributed by atoms with Crippen LogP contribution in [0.2, 0.25) is 0 Å². The molecule has 3 nitrogen and oxygen atoms in total. The molecule has 1 aromatic rings. The third kappa shape index (κ3) is 5.55. The highest BCUT2D eigenvalue weighted by atomic mass is 32.2. The Labute approximate surface area is 125 Å². The normalized spacial score (nSPS) is 14.2. The molecule has 0 amide bonds. The quantitative estimate of drug-likeness (QED) is 0.450. The lowest BCUT2D eigenvalue weighted by Crippen LogP contribution is -2.26. The van der Waals surface area contributed by atoms with Gasteiger partial charge in [-0.15, -0.1) is 0 Å². The van der Waals surface area contributed by atoms with Crippen LogP contribution in [0.1, 0.15) is 53.0 Å². The summed E-state index contributed by atoms with van der Waals surface area (Å²) in [7, 11) is 0. The second-order valence-electron chi connectivity index (χ2n) is 5.76. The second kappa shape index (κ2) is 7.70. The van der Waals surface area contributed by atoms with Crippen molar-refractivity contribution in [1.82, 2.24) is 0 Å². The number of benzene rings is 1. The molecular formula is C16H25NO2S. The van der Waals surface area contributed by atoms with E-state index in [4.69, 9.17) is 4.74 Å². The van der Waals surface area contributed by atoms with Crippen molar-refractivity contribution in [3.63, 3.8) is 0 Å². The molecule has 0 aliphatic carbocycles. The summed E-state index contributed by atoms with van der Waals surface area (Å²) in [4.78, 5) is 0. The monoisotopic (exact) mass is 295 g/mol. The van der Waals surface area contributed by atoms with Gasteiger partial charge in [0.2, 0.25) is 0 Å². The highest BCUT2D eigenvalue weighted by Gasteiger charge is 2.26. The van der Waals surface area contributed by atoms with E-state index in [1.807, 2.05) is 52.0 Å². The maximum Gasteiger partial charge on any atom is 0.144 e. The van der Waals surface area contributed by atoms with Gasteiger partial charge in [0.15, 0.2) is 0 Å². The van der Waals surface area contributed by atoms with Crippen LogP contribution < -0.4 is 4.74 Å². The number of nitrogens with zero attached hydrogens (tertiary/aromatic N) is 1. The second-order valence-corrected chi connectivity index (χ2v) is 7.67. The molecule has 1 rings (SSSR count). The summed E-state index contributed by atoms with van der Waals surface area (Å²) in [6.07, 6.45) is 2.19. The molecule has 1 atom stereocenters. The molecule has 0 saturated carbocycles. The zero-order valence-corrected chi connectivity index (χ0v) is 13.9. The maximum absolute atomic E-state index is 12.0. The van der Waals surface area contributed by atoms with Gasteiger partial charge in [0, 0.05) is 5.56 Å². The zero-order valence-electron chi connectivity index (χ0n) is 13.1. The van der Waals surface area contributed by atoms with Gasteiger partial charge in [-0.3, -0.25) is 0 Å². The van der Waals surface area contributed by atoms with Gasteiger partial charge < -0.3 is 9.29 Å². The molecular weight excluding hydrogens is 270 g/mol. The van der Waals surface area contributed by atoms with Crippen LogP contribution in [0, 0.1) is 0 Å². The molecule has 1 aromatic carbocycles. The van der Waals surface area contributed by atoms with Crippen LogP contribution in [-0.4, -0.2) is 21.6 Å². The minimum Gasteiger partial charge on any atom is -0.591 e. The molecule has 0 fully saturated rings. The molecule has 112 valence electrons. The van der Waals surface area contributed by atoms with E-state index in [-0.39, 0.29) is 4.75 Å². The molecule has 0 heterocycles. The van der Waals surface area contributed by atoms with Crippen molar-refractivity contribution >= 4 is 17.1 Å². The van der Waals surface area contributed by atoms with E-state index in [1.54, 1.807) is 0 Å². The first-order chi connectivity index (χ1) is 9.34. The van der Waals surface area contributed by atoms with Gasteiger partial charge in [0.1, 0.15) is 21.9 Å². The first-order valence-electron chi connectivity index (χ1n) is 7.05. The lowest BCUT2D eigenvalue weighted by Gasteiger charge is -2.18. The van der Waals surface area contributed by atoms with E-state index in [1.165, 1.54) is 0 Å². The van der Waals surface area contributed by atoms with E-state index in [0.717, 1.165) is 36.5 Å². The average Bonchev–Trinajstić information content (AvgIpc) is 2.38. The van der Waals surface area contributed by atoms with Gasteiger partial charge in [-0.05, 0) is 58.4 Å². The van der Waals surface area contributed by atoms with Gasteiger partial charge in [0.05, 0.1) is 12.3 Å². The third-order valence-corrected chi connectivity index (χ3v) is 4.27. The fraction of sp³-hybridized carbons (Fsp3) is 0.562. The van der Waals surface area contributed by atoms with Crippen molar-refractivity contribution in [3.05, 3.63) is 29.8 Å². The van der Waals surface area contributed by atoms with Crippen LogP contribution in [0.4, 0.5) is 0 Å². The Balaban J connectivity index is 2.70. The molecule has 0 radical (unpaired) electrons. The predicted octanol–water partition coefficient (Wildman–Crippen LogP) is 4.14. The Hall–Kier alpha value is -1.00. The summed E-state index contributed by atoms with van der Waals surface area (Å²) in [5.74, 6) is 0.868. The Morgan fingerprint density at radius 2 is 1.85 bits per heavy atom. The fourth-order valence-electron chi connectivity index (χ4n) is 1.44. The lowest BCUT2D eigenvalue weighted by atomic mass is 10.1. The van der Waals surface area contributed by atoms with E-state index >= 15 is 0 Å². The molecule has 0 aliphatic heterocycles. The summed E-state index contributed by atoms with van der Waals surface area (Å²) in [5, 5.41) is 0. The van der Waals surface area contributed by atoms with Crippen LogP contribution in [0.25, 0.3) is 0 Å². The predicted molar refractivity (Wildman–Crippen MR) is 87.0 cm³/mol. The summed E-state index contributed by atoms with van der Waals surface area (Å²) >= 11 is -1.22. The van der Waals surface area contributed by atoms with E-state index in [9.17, 15) is 4.55 Å². The highest BCUT2D eigenvalue weighted by Crippen LogP contribution is 2.19. The summed E-state index contributed by atoms with van der Waals surface area (Å²) in [6, 6.07) is 7.79. The molecule has 20 heavy (non-hydrogen) atoms. The molecule has 0 spiro atoms. The van der Waals surface area contributed by atoms with Crippen molar-refractivity contribution in [2.75, 3.05) is 6.61 Å². The largest absolute Gasteiger partial charge is 0.591 e. The van der Waals surface area contributed by atoms with Gasteiger partial charge in [-0.1, -0.05) is 17.7 Å². The van der Waals surface area contributed by atoms with Gasteiger partial charge in [-0.2, -0.15) is 0 Å². The van der Waals surface area contributed by atoms with E-state index < -0.39 is 11.4 Å². The Morgan fingerprint density at radius 1 is 1.25 bits per heavy atom. The van der Waals surface area contributed by atoms with Crippen LogP contribution in [0.3, 0.4) is 0 Å². The van der Waals surface area contributed by atoms with Crippen molar-refractivity contribution in [2.24, 2.45) is 4.40 Å². The smallest absolute Gasteiger partial charge is 0.144 e. The number of hydrogen-bond acceptors (Lipinski definition) is 3. The van der Waals surface area contributed by atoms with Crippen molar-refractivity contribution < 1.29 is 9.29 Å². The van der Waals surface area contributed by atoms with Crippen LogP contribution in [-0.2, 0) is 11.4 Å². The maximum atomic E-state index is 12.0. The molecule has 0 saturated heterocycles. The molecule has 0 bridgehead atoms. The standard InChI is InChI=1S/C16H25NO2S/c1-6-7-12-19-15-10-8-14(9-11-15)13(2)17-20(18)16(3,4)5/h8-11H,6-7,12H2,1-5H3/b17-13-. The number of unbranched alkanes of at least 4 members (excludes halogenated alkanes) is 1. The average molecular weight is 295 g/mol. The number of rotatable bonds is 6. The fourth-order valence-corrected chi connectivity index (χ4v) is 2.07. The Bertz CT molecular complexity index is 435. The SMILES string of the molecule is CCCCOc1ccc(/C(C)=N\[S+]([O-])C(C)(C)C)cc1. The minimum absolute atomic E-state index is 0.329. The lowest BCUT2D eigenvalue weighted by molar-refractivity contribution is 0.309. The Kier molecular flexibility index (Phi) is 6.56. The molecule has 1 unspecified atom stereocenters. The molecule has 0 aliphatic rings. The van der Waals surface area contributed by atoms with Gasteiger partial charge in [-0.25, -0.2) is 0 Å². The van der Waals surface area contributed by atoms with E-state index in [0.29, 0.717) is 0 Å². The van der Waals surface area contributed by atoms with Crippen molar-refractivity contribution in [1.29, 1.82) is 0 Å². The zero-order chi connectivity index (χ0) is 15.2. The Morgan fingerprint density at radius 3 is 2.35 bits per heavy atom. The topological polar surface area (TPSA) is 44.6 Å². The molecule has 0 N–H and O–H groups in total. The van der Waals surface area contributed by atoms with Crippen LogP contribution in [0.5, 0.6) is 5.75 Å². The minimum atomic E-state index is -1.22. The van der Waals surface area contributed by atoms with Crippen LogP contribution in [0.15, 0.2) is 28.7 Å². The first-order valence-corrected chi connectivity index (χ1v) is 8.15. The van der Waals surface area contributed by atoms with Gasteiger partial charge in [0.25, 0.3) is 0 Å². The van der Waals surface area contributed by atoms with Crippen molar-refractivity contribution in [3.8, 4) is 5.75 Å².